The summed E-state index contributed by atoms with van der Waals surface area (Å²) in [5.74, 6) is -0.211. The molecule has 0 fully saturated rings. The van der Waals surface area contributed by atoms with E-state index in [0.29, 0.717) is 10.9 Å². The highest BCUT2D eigenvalue weighted by Crippen LogP contribution is 2.23. The quantitative estimate of drug-likeness (QED) is 0.867. The predicted octanol–water partition coefficient (Wildman–Crippen LogP) is 2.67. The molecule has 1 aromatic rings. The van der Waals surface area contributed by atoms with Crippen molar-refractivity contribution in [2.24, 2.45) is 0 Å². The lowest BCUT2D eigenvalue weighted by Gasteiger charge is -2.18. The number of benzene rings is 1. The first-order valence-electron chi connectivity index (χ1n) is 5.69. The molecule has 0 aromatic heterocycles. The smallest absolute Gasteiger partial charge is 0.147 e. The maximum atomic E-state index is 13.2. The van der Waals surface area contributed by atoms with Crippen molar-refractivity contribution in [1.29, 1.82) is 0 Å². The Morgan fingerprint density at radius 1 is 1.44 bits per heavy atom. The highest BCUT2D eigenvalue weighted by molar-refractivity contribution is 9.10. The van der Waals surface area contributed by atoms with Crippen LogP contribution in [0, 0.1) is 5.82 Å². The second kappa shape index (κ2) is 6.63. The molecule has 0 spiro atoms. The van der Waals surface area contributed by atoms with Crippen LogP contribution in [0.2, 0.25) is 0 Å². The summed E-state index contributed by atoms with van der Waals surface area (Å²) in [6.45, 7) is 2.68. The van der Waals surface area contributed by atoms with Gasteiger partial charge >= 0.3 is 0 Å². The Balaban J connectivity index is 2.86. The Hall–Kier alpha value is -0.460. The summed E-state index contributed by atoms with van der Waals surface area (Å²) in [5.41, 5.74) is 0.883. The van der Waals surface area contributed by atoms with Crippen LogP contribution in [0.4, 0.5) is 4.39 Å². The Kier molecular flexibility index (Phi) is 5.75. The van der Waals surface area contributed by atoms with Crippen molar-refractivity contribution in [3.8, 4) is 0 Å². The maximum absolute atomic E-state index is 13.2. The topological polar surface area (TPSA) is 46.2 Å². The SMILES string of the molecule is CCNC(CCS(C)(=O)=O)c1ccc(F)c(Br)c1. The molecule has 1 rings (SSSR count). The first-order valence-corrected chi connectivity index (χ1v) is 8.55. The Labute approximate surface area is 116 Å². The number of hydrogen-bond donors (Lipinski definition) is 1. The lowest BCUT2D eigenvalue weighted by molar-refractivity contribution is 0.527. The Morgan fingerprint density at radius 3 is 2.61 bits per heavy atom. The second-order valence-corrected chi connectivity index (χ2v) is 7.32. The lowest BCUT2D eigenvalue weighted by atomic mass is 10.0. The van der Waals surface area contributed by atoms with Crippen LogP contribution in [0.25, 0.3) is 0 Å². The Morgan fingerprint density at radius 2 is 2.11 bits per heavy atom. The minimum Gasteiger partial charge on any atom is -0.310 e. The van der Waals surface area contributed by atoms with Gasteiger partial charge in [-0.3, -0.25) is 0 Å². The largest absolute Gasteiger partial charge is 0.310 e. The van der Waals surface area contributed by atoms with Crippen molar-refractivity contribution in [3.05, 3.63) is 34.1 Å². The third-order valence-corrected chi connectivity index (χ3v) is 4.16. The van der Waals surface area contributed by atoms with E-state index in [1.165, 1.54) is 12.3 Å². The fourth-order valence-electron chi connectivity index (χ4n) is 1.69. The summed E-state index contributed by atoms with van der Waals surface area (Å²) in [6.07, 6.45) is 1.70. The van der Waals surface area contributed by atoms with Gasteiger partial charge in [-0.1, -0.05) is 13.0 Å². The van der Waals surface area contributed by atoms with E-state index in [1.807, 2.05) is 6.92 Å². The van der Waals surface area contributed by atoms with Gasteiger partial charge in [-0.05, 0) is 46.6 Å². The van der Waals surface area contributed by atoms with Crippen LogP contribution in [0.3, 0.4) is 0 Å². The van der Waals surface area contributed by atoms with E-state index >= 15 is 0 Å². The van der Waals surface area contributed by atoms with E-state index in [2.05, 4.69) is 21.2 Å². The van der Waals surface area contributed by atoms with Gasteiger partial charge in [0.05, 0.1) is 10.2 Å². The lowest BCUT2D eigenvalue weighted by Crippen LogP contribution is -2.23. The molecule has 0 radical (unpaired) electrons. The molecule has 0 heterocycles. The van der Waals surface area contributed by atoms with Crippen LogP contribution in [0.15, 0.2) is 22.7 Å². The van der Waals surface area contributed by atoms with Crippen LogP contribution in [0.1, 0.15) is 24.9 Å². The number of sulfone groups is 1. The molecule has 1 unspecified atom stereocenters. The van der Waals surface area contributed by atoms with Gasteiger partial charge in [0.15, 0.2) is 0 Å². The highest BCUT2D eigenvalue weighted by Gasteiger charge is 2.14. The molecule has 0 bridgehead atoms. The molecule has 0 aliphatic carbocycles. The summed E-state index contributed by atoms with van der Waals surface area (Å²) in [7, 11) is -2.99. The summed E-state index contributed by atoms with van der Waals surface area (Å²) < 4.78 is 35.9. The number of nitrogens with one attached hydrogen (secondary N) is 1. The van der Waals surface area contributed by atoms with Gasteiger partial charge < -0.3 is 5.32 Å². The number of hydrogen-bond acceptors (Lipinski definition) is 3. The summed E-state index contributed by atoms with van der Waals surface area (Å²) >= 11 is 3.14. The van der Waals surface area contributed by atoms with Crippen LogP contribution in [-0.2, 0) is 9.84 Å². The summed E-state index contributed by atoms with van der Waals surface area (Å²) in [6, 6.07) is 4.66. The van der Waals surface area contributed by atoms with Gasteiger partial charge in [-0.2, -0.15) is 0 Å². The first-order chi connectivity index (χ1) is 8.33. The molecule has 18 heavy (non-hydrogen) atoms. The molecule has 0 saturated carbocycles. The van der Waals surface area contributed by atoms with Crippen LogP contribution in [0.5, 0.6) is 0 Å². The molecule has 3 nitrogen and oxygen atoms in total. The van der Waals surface area contributed by atoms with Gasteiger partial charge in [0.1, 0.15) is 15.7 Å². The monoisotopic (exact) mass is 337 g/mol. The average Bonchev–Trinajstić information content (AvgIpc) is 2.27. The van der Waals surface area contributed by atoms with Crippen LogP contribution >= 0.6 is 15.9 Å². The fourth-order valence-corrected chi connectivity index (χ4v) is 2.75. The van der Waals surface area contributed by atoms with Crippen molar-refractivity contribution >= 4 is 25.8 Å². The van der Waals surface area contributed by atoms with Crippen molar-refractivity contribution < 1.29 is 12.8 Å². The standard InChI is InChI=1S/C12H17BrFNO2S/c1-3-15-12(6-7-18(2,16)17)9-4-5-11(14)10(13)8-9/h4-5,8,12,15H,3,6-7H2,1-2H3. The third kappa shape index (κ3) is 5.04. The van der Waals surface area contributed by atoms with Gasteiger partial charge in [-0.25, -0.2) is 12.8 Å². The third-order valence-electron chi connectivity index (χ3n) is 2.57. The zero-order valence-corrected chi connectivity index (χ0v) is 12.8. The second-order valence-electron chi connectivity index (χ2n) is 4.20. The Bertz CT molecular complexity index is 505. The molecule has 6 heteroatoms. The van der Waals surface area contributed by atoms with Crippen molar-refractivity contribution in [2.75, 3.05) is 18.6 Å². The van der Waals surface area contributed by atoms with E-state index in [9.17, 15) is 12.8 Å². The number of halogens is 2. The van der Waals surface area contributed by atoms with Crippen LogP contribution in [-0.4, -0.2) is 27.0 Å². The molecule has 1 aromatic carbocycles. The minimum absolute atomic E-state index is 0.0818. The highest BCUT2D eigenvalue weighted by atomic mass is 79.9. The average molecular weight is 338 g/mol. The van der Waals surface area contributed by atoms with Gasteiger partial charge in [0, 0.05) is 12.3 Å². The number of rotatable bonds is 6. The maximum Gasteiger partial charge on any atom is 0.147 e. The van der Waals surface area contributed by atoms with Crippen molar-refractivity contribution in [1.82, 2.24) is 5.32 Å². The summed E-state index contributed by atoms with van der Waals surface area (Å²) in [5, 5.41) is 3.21. The normalized spacial score (nSPS) is 13.6. The zero-order valence-electron chi connectivity index (χ0n) is 10.4. The van der Waals surface area contributed by atoms with Gasteiger partial charge in [-0.15, -0.1) is 0 Å². The van der Waals surface area contributed by atoms with E-state index in [4.69, 9.17) is 0 Å². The van der Waals surface area contributed by atoms with E-state index in [1.54, 1.807) is 12.1 Å². The zero-order chi connectivity index (χ0) is 13.8. The van der Waals surface area contributed by atoms with Crippen molar-refractivity contribution in [3.63, 3.8) is 0 Å². The molecule has 102 valence electrons. The fraction of sp³-hybridized carbons (Fsp3) is 0.500. The predicted molar refractivity (Wildman–Crippen MR) is 74.8 cm³/mol. The molecule has 0 aliphatic heterocycles. The van der Waals surface area contributed by atoms with Gasteiger partial charge in [0.25, 0.3) is 0 Å². The van der Waals surface area contributed by atoms with Crippen LogP contribution < -0.4 is 5.32 Å². The van der Waals surface area contributed by atoms with E-state index < -0.39 is 9.84 Å². The minimum atomic E-state index is -2.99. The molecular formula is C12H17BrFNO2S. The van der Waals surface area contributed by atoms with E-state index in [-0.39, 0.29) is 17.6 Å². The molecule has 0 saturated heterocycles. The molecule has 1 atom stereocenters. The van der Waals surface area contributed by atoms with Crippen molar-refractivity contribution in [2.45, 2.75) is 19.4 Å². The molecule has 1 N–H and O–H groups in total. The van der Waals surface area contributed by atoms with E-state index in [0.717, 1.165) is 12.1 Å². The molecule has 0 aliphatic rings. The molecular weight excluding hydrogens is 321 g/mol. The first kappa shape index (κ1) is 15.6. The molecule has 0 amide bonds. The van der Waals surface area contributed by atoms with Gasteiger partial charge in [0.2, 0.25) is 0 Å². The summed E-state index contributed by atoms with van der Waals surface area (Å²) in [4.78, 5) is 0.